The third-order valence-electron chi connectivity index (χ3n) is 6.02. The van der Waals surface area contributed by atoms with Crippen LogP contribution in [0, 0.1) is 0 Å². The molecule has 2 rings (SSSR count). The largest absolute Gasteiger partial charge is 0.394 e. The summed E-state index contributed by atoms with van der Waals surface area (Å²) in [5, 5.41) is 53.2. The molecule has 0 radical (unpaired) electrons. The summed E-state index contributed by atoms with van der Waals surface area (Å²) in [7, 11) is 0. The zero-order chi connectivity index (χ0) is 23.5. The van der Waals surface area contributed by atoms with Gasteiger partial charge in [-0.05, 0) is 32.9 Å². The van der Waals surface area contributed by atoms with Gasteiger partial charge in [-0.2, -0.15) is 0 Å². The first-order chi connectivity index (χ1) is 15.4. The van der Waals surface area contributed by atoms with Gasteiger partial charge in [0.15, 0.2) is 12.6 Å². The molecule has 2 fully saturated rings. The van der Waals surface area contributed by atoms with Gasteiger partial charge in [0.1, 0.15) is 30.5 Å². The van der Waals surface area contributed by atoms with Gasteiger partial charge in [0.05, 0.1) is 25.4 Å². The van der Waals surface area contributed by atoms with Crippen LogP contribution < -0.4 is 5.32 Å². The van der Waals surface area contributed by atoms with Crippen molar-refractivity contribution in [3.05, 3.63) is 0 Å². The van der Waals surface area contributed by atoms with E-state index in [0.29, 0.717) is 0 Å². The molecule has 2 heterocycles. The molecule has 0 saturated carbocycles. The van der Waals surface area contributed by atoms with Gasteiger partial charge in [0.25, 0.3) is 0 Å². The van der Waals surface area contributed by atoms with Gasteiger partial charge in [-0.25, -0.2) is 0 Å². The van der Waals surface area contributed by atoms with E-state index in [9.17, 15) is 25.5 Å². The van der Waals surface area contributed by atoms with E-state index in [2.05, 4.69) is 12.2 Å². The lowest BCUT2D eigenvalue weighted by Gasteiger charge is -2.43. The highest BCUT2D eigenvalue weighted by atomic mass is 16.8. The fourth-order valence-electron chi connectivity index (χ4n) is 4.02. The van der Waals surface area contributed by atoms with Gasteiger partial charge >= 0.3 is 0 Å². The number of hydrogen-bond donors (Lipinski definition) is 6. The van der Waals surface area contributed by atoms with Gasteiger partial charge in [0, 0.05) is 6.42 Å². The van der Waals surface area contributed by atoms with E-state index in [1.807, 2.05) is 6.92 Å². The van der Waals surface area contributed by atoms with Crippen molar-refractivity contribution in [1.82, 2.24) is 5.32 Å². The second kappa shape index (κ2) is 14.8. The third kappa shape index (κ3) is 8.75. The lowest BCUT2D eigenvalue weighted by Crippen LogP contribution is -2.59. The SMILES string of the molecule is CCNCCCCCCCC(C)OC1OCC(O)C(O)C1OC1OC(CO)C(O)CC1O. The Bertz CT molecular complexity index is 500. The fraction of sp³-hybridized carbons (Fsp3) is 1.00. The molecule has 10 nitrogen and oxygen atoms in total. The van der Waals surface area contributed by atoms with Crippen LogP contribution in [0.2, 0.25) is 0 Å². The maximum atomic E-state index is 10.5. The standard InChI is InChI=1S/C22H43NO9/c1-3-23-10-8-6-4-5-7-9-14(2)30-22-20(19(28)17(27)13-29-22)32-21-16(26)11-15(25)18(12-24)31-21/h14-28H,3-13H2,1-2H3. The Labute approximate surface area is 190 Å². The Morgan fingerprint density at radius 1 is 0.969 bits per heavy atom. The molecule has 10 heteroatoms. The monoisotopic (exact) mass is 465 g/mol. The van der Waals surface area contributed by atoms with Crippen LogP contribution >= 0.6 is 0 Å². The summed E-state index contributed by atoms with van der Waals surface area (Å²) < 4.78 is 22.7. The van der Waals surface area contributed by atoms with E-state index in [0.717, 1.165) is 32.4 Å². The number of aliphatic hydroxyl groups is 5. The van der Waals surface area contributed by atoms with Crippen molar-refractivity contribution in [2.24, 2.45) is 0 Å². The van der Waals surface area contributed by atoms with Gasteiger partial charge in [0.2, 0.25) is 0 Å². The van der Waals surface area contributed by atoms with Gasteiger partial charge < -0.3 is 49.8 Å². The maximum absolute atomic E-state index is 10.5. The summed E-state index contributed by atoms with van der Waals surface area (Å²) in [6.07, 6.45) is -2.52. The second-order valence-corrected chi connectivity index (χ2v) is 8.81. The lowest BCUT2D eigenvalue weighted by atomic mass is 10.0. The minimum Gasteiger partial charge on any atom is -0.394 e. The Kier molecular flexibility index (Phi) is 12.9. The zero-order valence-corrected chi connectivity index (χ0v) is 19.3. The average Bonchev–Trinajstić information content (AvgIpc) is 2.76. The van der Waals surface area contributed by atoms with Gasteiger partial charge in [-0.1, -0.05) is 32.6 Å². The topological polar surface area (TPSA) is 150 Å². The summed E-state index contributed by atoms with van der Waals surface area (Å²) in [6, 6.07) is 0. The molecule has 0 bridgehead atoms. The quantitative estimate of drug-likeness (QED) is 0.188. The van der Waals surface area contributed by atoms with E-state index < -0.39 is 55.8 Å². The normalized spacial score (nSPS) is 36.8. The first kappa shape index (κ1) is 27.8. The molecule has 0 aliphatic carbocycles. The van der Waals surface area contributed by atoms with E-state index in [-0.39, 0.29) is 19.1 Å². The maximum Gasteiger partial charge on any atom is 0.186 e. The summed E-state index contributed by atoms with van der Waals surface area (Å²) in [5.41, 5.74) is 0. The first-order valence-corrected chi connectivity index (χ1v) is 12.0. The smallest absolute Gasteiger partial charge is 0.186 e. The second-order valence-electron chi connectivity index (χ2n) is 8.81. The predicted molar refractivity (Wildman–Crippen MR) is 116 cm³/mol. The van der Waals surface area contributed by atoms with Crippen molar-refractivity contribution in [1.29, 1.82) is 0 Å². The molecular formula is C22H43NO9. The Morgan fingerprint density at radius 3 is 2.41 bits per heavy atom. The van der Waals surface area contributed by atoms with Gasteiger partial charge in [-0.3, -0.25) is 0 Å². The van der Waals surface area contributed by atoms with E-state index in [4.69, 9.17) is 18.9 Å². The molecule has 2 aliphatic heterocycles. The molecule has 0 aromatic carbocycles. The highest BCUT2D eigenvalue weighted by molar-refractivity contribution is 4.87. The molecule has 0 aromatic heterocycles. The number of ether oxygens (including phenoxy) is 4. The Balaban J connectivity index is 1.81. The Morgan fingerprint density at radius 2 is 1.69 bits per heavy atom. The highest BCUT2D eigenvalue weighted by Crippen LogP contribution is 2.28. The number of aliphatic hydroxyl groups excluding tert-OH is 5. The number of unbranched alkanes of at least 4 members (excludes halogenated alkanes) is 4. The molecule has 32 heavy (non-hydrogen) atoms. The predicted octanol–water partition coefficient (Wildman–Crippen LogP) is -0.366. The van der Waals surface area contributed by atoms with Crippen LogP contribution in [0.1, 0.15) is 58.8 Å². The van der Waals surface area contributed by atoms with Crippen molar-refractivity contribution >= 4 is 0 Å². The molecular weight excluding hydrogens is 422 g/mol. The lowest BCUT2D eigenvalue weighted by molar-refractivity contribution is -0.349. The summed E-state index contributed by atoms with van der Waals surface area (Å²) in [5.74, 6) is 0. The minimum atomic E-state index is -1.30. The fourth-order valence-corrected chi connectivity index (χ4v) is 4.02. The molecule has 190 valence electrons. The first-order valence-electron chi connectivity index (χ1n) is 12.0. The molecule has 2 saturated heterocycles. The van der Waals surface area contributed by atoms with E-state index >= 15 is 0 Å². The van der Waals surface area contributed by atoms with Crippen molar-refractivity contribution < 1.29 is 44.5 Å². The minimum absolute atomic E-state index is 0.0431. The molecule has 6 N–H and O–H groups in total. The molecule has 0 aromatic rings. The van der Waals surface area contributed by atoms with Crippen LogP contribution in [0.3, 0.4) is 0 Å². The van der Waals surface area contributed by atoms with Crippen molar-refractivity contribution in [2.45, 2.75) is 114 Å². The third-order valence-corrected chi connectivity index (χ3v) is 6.02. The van der Waals surface area contributed by atoms with Crippen LogP contribution in [-0.4, -0.2) is 107 Å². The highest BCUT2D eigenvalue weighted by Gasteiger charge is 2.45. The molecule has 9 unspecified atom stereocenters. The number of nitrogens with one attached hydrogen (secondary N) is 1. The van der Waals surface area contributed by atoms with Crippen LogP contribution in [0.15, 0.2) is 0 Å². The van der Waals surface area contributed by atoms with Crippen molar-refractivity contribution in [2.75, 3.05) is 26.3 Å². The summed E-state index contributed by atoms with van der Waals surface area (Å²) in [6.45, 7) is 5.55. The summed E-state index contributed by atoms with van der Waals surface area (Å²) >= 11 is 0. The van der Waals surface area contributed by atoms with Crippen LogP contribution in [0.4, 0.5) is 0 Å². The average molecular weight is 466 g/mol. The van der Waals surface area contributed by atoms with Crippen molar-refractivity contribution in [3.63, 3.8) is 0 Å². The van der Waals surface area contributed by atoms with E-state index in [1.165, 1.54) is 19.3 Å². The Hall–Kier alpha value is -0.400. The van der Waals surface area contributed by atoms with Crippen LogP contribution in [-0.2, 0) is 18.9 Å². The molecule has 0 spiro atoms. The number of rotatable bonds is 14. The molecule has 9 atom stereocenters. The van der Waals surface area contributed by atoms with Gasteiger partial charge in [-0.15, -0.1) is 0 Å². The van der Waals surface area contributed by atoms with Crippen LogP contribution in [0.5, 0.6) is 0 Å². The summed E-state index contributed by atoms with van der Waals surface area (Å²) in [4.78, 5) is 0. The molecule has 0 amide bonds. The van der Waals surface area contributed by atoms with E-state index in [1.54, 1.807) is 0 Å². The van der Waals surface area contributed by atoms with Crippen molar-refractivity contribution in [3.8, 4) is 0 Å². The molecule has 2 aliphatic rings. The van der Waals surface area contributed by atoms with Crippen LogP contribution in [0.25, 0.3) is 0 Å². The number of hydrogen-bond acceptors (Lipinski definition) is 10. The zero-order valence-electron chi connectivity index (χ0n) is 19.3.